The maximum absolute atomic E-state index is 5.47. The van der Waals surface area contributed by atoms with E-state index in [1.807, 2.05) is 36.7 Å². The van der Waals surface area contributed by atoms with E-state index >= 15 is 0 Å². The van der Waals surface area contributed by atoms with Crippen molar-refractivity contribution in [1.29, 1.82) is 0 Å². The van der Waals surface area contributed by atoms with Crippen molar-refractivity contribution in [2.24, 2.45) is 0 Å². The van der Waals surface area contributed by atoms with Gasteiger partial charge in [0.25, 0.3) is 0 Å². The van der Waals surface area contributed by atoms with E-state index in [0.29, 0.717) is 5.75 Å². The molecule has 2 heterocycles. The first-order chi connectivity index (χ1) is 25.6. The molecule has 8 aromatic rings. The third kappa shape index (κ3) is 8.36. The molecule has 0 atom stereocenters. The van der Waals surface area contributed by atoms with Gasteiger partial charge in [0.2, 0.25) is 0 Å². The van der Waals surface area contributed by atoms with Crippen molar-refractivity contribution >= 4 is 45.9 Å². The molecular formula is C46H36N2O2PtS2. The summed E-state index contributed by atoms with van der Waals surface area (Å²) in [7, 11) is 3.36. The minimum atomic E-state index is 0. The normalized spacial score (nSPS) is 10.6. The van der Waals surface area contributed by atoms with Gasteiger partial charge >= 0.3 is 21.1 Å². The number of aromatic nitrogens is 2. The van der Waals surface area contributed by atoms with E-state index in [9.17, 15) is 0 Å². The maximum atomic E-state index is 5.47. The Kier molecular flexibility index (Phi) is 12.7. The molecule has 0 bridgehead atoms. The Balaban J connectivity index is 0.000000178. The Hall–Kier alpha value is -4.87. The van der Waals surface area contributed by atoms with Gasteiger partial charge in [0, 0.05) is 34.5 Å². The molecule has 0 saturated heterocycles. The largest absolute Gasteiger partial charge is 2.00 e. The number of hydrogen-bond donors (Lipinski definition) is 1. The van der Waals surface area contributed by atoms with Gasteiger partial charge in [-0.2, -0.15) is 12.6 Å². The van der Waals surface area contributed by atoms with Gasteiger partial charge in [0.15, 0.2) is 0 Å². The molecule has 0 aliphatic carbocycles. The monoisotopic (exact) mass is 907 g/mol. The van der Waals surface area contributed by atoms with Gasteiger partial charge in [-0.15, -0.1) is 47.2 Å². The molecule has 0 amide bonds. The fraction of sp³-hybridized carbons (Fsp3) is 0.0870. The molecule has 8 rings (SSSR count). The number of benzene rings is 6. The number of rotatable bonds is 8. The van der Waals surface area contributed by atoms with Gasteiger partial charge in [0.05, 0.1) is 14.2 Å². The van der Waals surface area contributed by atoms with Gasteiger partial charge in [-0.3, -0.25) is 0 Å². The predicted octanol–water partition coefficient (Wildman–Crippen LogP) is 11.9. The van der Waals surface area contributed by atoms with E-state index in [1.54, 1.807) is 26.0 Å². The number of methoxy groups -OCH3 is 2. The van der Waals surface area contributed by atoms with Crippen molar-refractivity contribution in [2.75, 3.05) is 20.5 Å². The maximum Gasteiger partial charge on any atom is 2.00 e. The van der Waals surface area contributed by atoms with E-state index in [0.717, 1.165) is 61.8 Å². The topological polar surface area (TPSA) is 44.2 Å². The van der Waals surface area contributed by atoms with E-state index in [1.165, 1.54) is 26.4 Å². The fourth-order valence-corrected chi connectivity index (χ4v) is 6.97. The first kappa shape index (κ1) is 37.9. The van der Waals surface area contributed by atoms with Gasteiger partial charge in [-0.1, -0.05) is 131 Å². The van der Waals surface area contributed by atoms with E-state index in [2.05, 4.69) is 150 Å². The molecule has 264 valence electrons. The summed E-state index contributed by atoms with van der Waals surface area (Å²) >= 11 is 6.10. The second-order valence-corrected chi connectivity index (χ2v) is 13.2. The van der Waals surface area contributed by atoms with Crippen LogP contribution in [0.1, 0.15) is 5.56 Å². The summed E-state index contributed by atoms with van der Waals surface area (Å²) < 4.78 is 10.9. The quantitative estimate of drug-likeness (QED) is 0.0935. The Morgan fingerprint density at radius 3 is 1.58 bits per heavy atom. The number of hydrogen-bond acceptors (Lipinski definition) is 6. The SMILES string of the molecule is COc1c[c-]c(-c2cc(CS)ccn2)c(-c2cccc3ccccc23)c1.COc1c[c-]c(-c2cc(SC)ccn2)c(-c2cccc3ccccc23)c1.[Pt+2]. The van der Waals surface area contributed by atoms with Gasteiger partial charge < -0.3 is 19.4 Å². The number of thiol groups is 1. The van der Waals surface area contributed by atoms with Gasteiger partial charge in [0.1, 0.15) is 0 Å². The van der Waals surface area contributed by atoms with Crippen LogP contribution in [0.3, 0.4) is 0 Å². The molecule has 7 heteroatoms. The zero-order valence-electron chi connectivity index (χ0n) is 29.4. The molecule has 4 nitrogen and oxygen atoms in total. The molecule has 53 heavy (non-hydrogen) atoms. The molecule has 0 unspecified atom stereocenters. The Labute approximate surface area is 335 Å². The molecule has 0 aliphatic heterocycles. The third-order valence-electron chi connectivity index (χ3n) is 8.95. The first-order valence-electron chi connectivity index (χ1n) is 16.8. The van der Waals surface area contributed by atoms with Crippen LogP contribution in [0.4, 0.5) is 0 Å². The minimum absolute atomic E-state index is 0. The van der Waals surface area contributed by atoms with Gasteiger partial charge in [-0.05, 0) is 56.9 Å². The van der Waals surface area contributed by atoms with Crippen molar-refractivity contribution in [3.05, 3.63) is 164 Å². The van der Waals surface area contributed by atoms with Gasteiger partial charge in [-0.25, -0.2) is 0 Å². The number of pyridine rings is 2. The molecule has 0 aliphatic rings. The average molecular weight is 908 g/mol. The summed E-state index contributed by atoms with van der Waals surface area (Å²) in [6, 6.07) is 52.3. The molecular weight excluding hydrogens is 872 g/mol. The van der Waals surface area contributed by atoms with Crippen molar-refractivity contribution < 1.29 is 30.5 Å². The first-order valence-corrected chi connectivity index (χ1v) is 18.7. The molecule has 0 radical (unpaired) electrons. The number of thioether (sulfide) groups is 1. The molecule has 2 aromatic heterocycles. The second-order valence-electron chi connectivity index (χ2n) is 12.0. The molecule has 0 spiro atoms. The van der Waals surface area contributed by atoms with Crippen molar-refractivity contribution in [3.63, 3.8) is 0 Å². The number of nitrogens with zero attached hydrogens (tertiary/aromatic N) is 2. The van der Waals surface area contributed by atoms with Crippen LogP contribution < -0.4 is 9.47 Å². The van der Waals surface area contributed by atoms with Crippen LogP contribution in [0.25, 0.3) is 66.3 Å². The Bertz CT molecular complexity index is 2320. The van der Waals surface area contributed by atoms with E-state index in [4.69, 9.17) is 9.47 Å². The van der Waals surface area contributed by atoms with Crippen molar-refractivity contribution in [2.45, 2.75) is 10.6 Å². The van der Waals surface area contributed by atoms with Crippen LogP contribution in [0, 0.1) is 12.1 Å². The molecule has 0 fully saturated rings. The van der Waals surface area contributed by atoms with Crippen molar-refractivity contribution in [3.8, 4) is 56.3 Å². The number of ether oxygens (including phenoxy) is 2. The molecule has 6 aromatic carbocycles. The van der Waals surface area contributed by atoms with E-state index < -0.39 is 0 Å². The predicted molar refractivity (Wildman–Crippen MR) is 220 cm³/mol. The van der Waals surface area contributed by atoms with Crippen LogP contribution in [-0.2, 0) is 26.8 Å². The molecule has 0 N–H and O–H groups in total. The molecule has 0 saturated carbocycles. The Morgan fingerprint density at radius 1 is 0.585 bits per heavy atom. The zero-order chi connectivity index (χ0) is 35.9. The summed E-state index contributed by atoms with van der Waals surface area (Å²) in [6.07, 6.45) is 5.75. The van der Waals surface area contributed by atoms with Crippen molar-refractivity contribution in [1.82, 2.24) is 9.97 Å². The summed E-state index contributed by atoms with van der Waals surface area (Å²) in [6.45, 7) is 0. The van der Waals surface area contributed by atoms with Crippen LogP contribution >= 0.6 is 24.4 Å². The summed E-state index contributed by atoms with van der Waals surface area (Å²) in [4.78, 5) is 10.4. The summed E-state index contributed by atoms with van der Waals surface area (Å²) in [5, 5.41) is 4.82. The fourth-order valence-electron chi connectivity index (χ4n) is 6.34. The second kappa shape index (κ2) is 17.8. The summed E-state index contributed by atoms with van der Waals surface area (Å²) in [5.41, 5.74) is 9.33. The van der Waals surface area contributed by atoms with Crippen LogP contribution in [0.15, 0.2) is 151 Å². The smallest absolute Gasteiger partial charge is 0.540 e. The summed E-state index contributed by atoms with van der Waals surface area (Å²) in [5.74, 6) is 2.25. The third-order valence-corrected chi connectivity index (χ3v) is 10.0. The Morgan fingerprint density at radius 2 is 1.08 bits per heavy atom. The van der Waals surface area contributed by atoms with E-state index in [-0.39, 0.29) is 21.1 Å². The number of fused-ring (bicyclic) bond motifs is 2. The minimum Gasteiger partial charge on any atom is -0.540 e. The standard InChI is InChI=1S/2C23H18NOS.Pt/c1-25-17-10-11-21(23-15-18(26-2)12-13-24-23)22(14-17)20-9-5-7-16-6-3-4-8-19(16)20;1-25-18-9-10-21(23-13-16(15-26)11-12-24-23)22(14-18)20-8-4-6-17-5-2-3-7-19(17)20;/h3-10,12-15H,1-2H3;2-9,11-14,26H,15H2,1H3;/q2*-1;+2. The van der Waals surface area contributed by atoms with Crippen LogP contribution in [0.5, 0.6) is 11.5 Å². The zero-order valence-corrected chi connectivity index (χ0v) is 33.4. The van der Waals surface area contributed by atoms with Crippen LogP contribution in [0.2, 0.25) is 0 Å². The average Bonchev–Trinajstić information content (AvgIpc) is 3.23. The van der Waals surface area contributed by atoms with Crippen LogP contribution in [-0.4, -0.2) is 30.4 Å².